The first-order valence-electron chi connectivity index (χ1n) is 8.81. The largest absolute Gasteiger partial charge is 0.456 e. The number of hydrogen-bond acceptors (Lipinski definition) is 4. The lowest BCUT2D eigenvalue weighted by molar-refractivity contribution is -0.147. The highest BCUT2D eigenvalue weighted by molar-refractivity contribution is 5.93. The summed E-state index contributed by atoms with van der Waals surface area (Å²) >= 11 is 0. The second kappa shape index (κ2) is 10.1. The molecule has 0 unspecified atom stereocenters. The molecule has 2 N–H and O–H groups in total. The molecule has 0 heterocycles. The molecule has 0 bridgehead atoms. The van der Waals surface area contributed by atoms with Gasteiger partial charge in [-0.05, 0) is 49.6 Å². The first-order chi connectivity index (χ1) is 12.9. The van der Waals surface area contributed by atoms with Gasteiger partial charge >= 0.3 is 5.97 Å². The number of esters is 1. The van der Waals surface area contributed by atoms with Crippen molar-refractivity contribution in [2.45, 2.75) is 33.1 Å². The van der Waals surface area contributed by atoms with E-state index < -0.39 is 11.9 Å². The molecule has 0 aromatic heterocycles. The van der Waals surface area contributed by atoms with E-state index in [4.69, 9.17) is 4.74 Å². The Labute approximate surface area is 158 Å². The summed E-state index contributed by atoms with van der Waals surface area (Å²) < 4.78 is 4.93. The van der Waals surface area contributed by atoms with Crippen LogP contribution in [0.4, 0.5) is 11.4 Å². The summed E-state index contributed by atoms with van der Waals surface area (Å²) in [6, 6.07) is 14.8. The number of carbonyl (C=O) groups is 3. The summed E-state index contributed by atoms with van der Waals surface area (Å²) in [5, 5.41) is 5.48. The maximum Gasteiger partial charge on any atom is 0.306 e. The number of hydrogen-bond donors (Lipinski definition) is 2. The van der Waals surface area contributed by atoms with E-state index in [1.165, 1.54) is 0 Å². The molecule has 27 heavy (non-hydrogen) atoms. The number of nitrogens with one attached hydrogen (secondary N) is 2. The number of carbonyl (C=O) groups excluding carboxylic acids is 3. The fraction of sp³-hybridized carbons (Fsp3) is 0.286. The van der Waals surface area contributed by atoms with Crippen molar-refractivity contribution in [2.24, 2.45) is 0 Å². The third-order valence-corrected chi connectivity index (χ3v) is 3.87. The van der Waals surface area contributed by atoms with E-state index in [2.05, 4.69) is 10.6 Å². The van der Waals surface area contributed by atoms with Crippen LogP contribution in [-0.4, -0.2) is 24.4 Å². The smallest absolute Gasteiger partial charge is 0.306 e. The maximum absolute atomic E-state index is 12.0. The van der Waals surface area contributed by atoms with E-state index in [0.29, 0.717) is 12.1 Å². The van der Waals surface area contributed by atoms with Gasteiger partial charge in [-0.15, -0.1) is 0 Å². The second-order valence-corrected chi connectivity index (χ2v) is 6.29. The lowest BCUT2D eigenvalue weighted by Gasteiger charge is -2.09. The van der Waals surface area contributed by atoms with Gasteiger partial charge in [-0.3, -0.25) is 14.4 Å². The van der Waals surface area contributed by atoms with Gasteiger partial charge in [0.15, 0.2) is 6.61 Å². The molecule has 0 aliphatic rings. The standard InChI is InChI=1S/C21H24N2O4/c1-15-11-12-16(2)18(13-15)23-19(24)9-6-10-21(26)27-14-20(25)22-17-7-4-3-5-8-17/h3-5,7-8,11-13H,6,9-10,14H2,1-2H3,(H,22,25)(H,23,24). The summed E-state index contributed by atoms with van der Waals surface area (Å²) in [7, 11) is 0. The van der Waals surface area contributed by atoms with Crippen LogP contribution >= 0.6 is 0 Å². The third kappa shape index (κ3) is 7.32. The van der Waals surface area contributed by atoms with Gasteiger partial charge in [0.2, 0.25) is 5.91 Å². The van der Waals surface area contributed by atoms with Gasteiger partial charge in [-0.2, -0.15) is 0 Å². The minimum atomic E-state index is -0.502. The Morgan fingerprint density at radius 1 is 0.889 bits per heavy atom. The average Bonchev–Trinajstić information content (AvgIpc) is 2.64. The normalized spacial score (nSPS) is 10.1. The van der Waals surface area contributed by atoms with Crippen LogP contribution in [0, 0.1) is 13.8 Å². The molecule has 6 heteroatoms. The highest BCUT2D eigenvalue weighted by Gasteiger charge is 2.10. The summed E-state index contributed by atoms with van der Waals surface area (Å²) in [4.78, 5) is 35.4. The molecule has 2 aromatic carbocycles. The molecule has 0 fully saturated rings. The number of benzene rings is 2. The fourth-order valence-electron chi connectivity index (χ4n) is 2.41. The molecular formula is C21H24N2O4. The van der Waals surface area contributed by atoms with Crippen molar-refractivity contribution in [3.8, 4) is 0 Å². The number of anilines is 2. The Hall–Kier alpha value is -3.15. The molecule has 0 atom stereocenters. The van der Waals surface area contributed by atoms with Crippen LogP contribution in [0.1, 0.15) is 30.4 Å². The summed E-state index contributed by atoms with van der Waals surface area (Å²) in [5.74, 6) is -1.06. The van der Waals surface area contributed by atoms with Crippen molar-refractivity contribution in [2.75, 3.05) is 17.2 Å². The summed E-state index contributed by atoms with van der Waals surface area (Å²) in [6.45, 7) is 3.54. The molecular weight excluding hydrogens is 344 g/mol. The first kappa shape index (κ1) is 20.2. The van der Waals surface area contributed by atoms with Crippen LogP contribution < -0.4 is 10.6 Å². The molecule has 2 aromatic rings. The SMILES string of the molecule is Cc1ccc(C)c(NC(=O)CCCC(=O)OCC(=O)Nc2ccccc2)c1. The molecule has 0 saturated carbocycles. The van der Waals surface area contributed by atoms with Crippen LogP contribution in [-0.2, 0) is 19.1 Å². The molecule has 142 valence electrons. The number of aryl methyl sites for hydroxylation is 2. The van der Waals surface area contributed by atoms with Gasteiger partial charge in [-0.25, -0.2) is 0 Å². The zero-order chi connectivity index (χ0) is 19.6. The number of rotatable bonds is 8. The van der Waals surface area contributed by atoms with E-state index in [0.717, 1.165) is 16.8 Å². The monoisotopic (exact) mass is 368 g/mol. The first-order valence-corrected chi connectivity index (χ1v) is 8.81. The molecule has 6 nitrogen and oxygen atoms in total. The molecule has 0 radical (unpaired) electrons. The molecule has 0 aliphatic heterocycles. The molecule has 0 saturated heterocycles. The second-order valence-electron chi connectivity index (χ2n) is 6.29. The van der Waals surface area contributed by atoms with E-state index in [1.807, 2.05) is 38.1 Å². The zero-order valence-electron chi connectivity index (χ0n) is 15.6. The zero-order valence-corrected chi connectivity index (χ0v) is 15.6. The predicted octanol–water partition coefficient (Wildman–Crippen LogP) is 3.59. The van der Waals surface area contributed by atoms with Gasteiger partial charge in [0.1, 0.15) is 0 Å². The average molecular weight is 368 g/mol. The summed E-state index contributed by atoms with van der Waals surface area (Å²) in [5.41, 5.74) is 3.47. The van der Waals surface area contributed by atoms with Gasteiger partial charge in [-0.1, -0.05) is 30.3 Å². The van der Waals surface area contributed by atoms with Crippen molar-refractivity contribution >= 4 is 29.2 Å². The maximum atomic E-state index is 12.0. The van der Waals surface area contributed by atoms with Gasteiger partial charge in [0.25, 0.3) is 5.91 Å². The molecule has 0 aliphatic carbocycles. The van der Waals surface area contributed by atoms with Gasteiger partial charge in [0, 0.05) is 24.2 Å². The van der Waals surface area contributed by atoms with E-state index in [-0.39, 0.29) is 25.4 Å². The third-order valence-electron chi connectivity index (χ3n) is 3.87. The number of para-hydroxylation sites is 1. The van der Waals surface area contributed by atoms with E-state index in [9.17, 15) is 14.4 Å². The highest BCUT2D eigenvalue weighted by atomic mass is 16.5. The topological polar surface area (TPSA) is 84.5 Å². The quantitative estimate of drug-likeness (QED) is 0.697. The van der Waals surface area contributed by atoms with Crippen molar-refractivity contribution in [1.29, 1.82) is 0 Å². The number of ether oxygens (including phenoxy) is 1. The summed E-state index contributed by atoms with van der Waals surface area (Å²) in [6.07, 6.45) is 0.646. The Kier molecular flexibility index (Phi) is 7.55. The lowest BCUT2D eigenvalue weighted by Crippen LogP contribution is -2.21. The van der Waals surface area contributed by atoms with Gasteiger partial charge in [0.05, 0.1) is 0 Å². The minimum absolute atomic E-state index is 0.0822. The predicted molar refractivity (Wildman–Crippen MR) is 104 cm³/mol. The van der Waals surface area contributed by atoms with E-state index in [1.54, 1.807) is 24.3 Å². The van der Waals surface area contributed by atoms with Crippen molar-refractivity contribution < 1.29 is 19.1 Å². The van der Waals surface area contributed by atoms with Crippen LogP contribution in [0.25, 0.3) is 0 Å². The van der Waals surface area contributed by atoms with Crippen molar-refractivity contribution in [1.82, 2.24) is 0 Å². The lowest BCUT2D eigenvalue weighted by atomic mass is 10.1. The Morgan fingerprint density at radius 3 is 2.37 bits per heavy atom. The minimum Gasteiger partial charge on any atom is -0.456 e. The number of amides is 2. The highest BCUT2D eigenvalue weighted by Crippen LogP contribution is 2.16. The Bertz CT molecular complexity index is 803. The molecule has 2 amide bonds. The van der Waals surface area contributed by atoms with Crippen LogP contribution in [0.15, 0.2) is 48.5 Å². The van der Waals surface area contributed by atoms with Crippen LogP contribution in [0.5, 0.6) is 0 Å². The van der Waals surface area contributed by atoms with Gasteiger partial charge < -0.3 is 15.4 Å². The van der Waals surface area contributed by atoms with Crippen molar-refractivity contribution in [3.63, 3.8) is 0 Å². The fourth-order valence-corrected chi connectivity index (χ4v) is 2.41. The Balaban J connectivity index is 1.64. The van der Waals surface area contributed by atoms with Crippen LogP contribution in [0.3, 0.4) is 0 Å². The molecule has 0 spiro atoms. The van der Waals surface area contributed by atoms with Crippen molar-refractivity contribution in [3.05, 3.63) is 59.7 Å². The van der Waals surface area contributed by atoms with Crippen LogP contribution in [0.2, 0.25) is 0 Å². The Morgan fingerprint density at radius 2 is 1.63 bits per heavy atom. The van der Waals surface area contributed by atoms with E-state index >= 15 is 0 Å². The molecule has 2 rings (SSSR count).